The molecule has 2 aromatic rings. The van der Waals surface area contributed by atoms with Crippen LogP contribution in [0.1, 0.15) is 11.3 Å². The molecule has 8 nitrogen and oxygen atoms in total. The minimum Gasteiger partial charge on any atom is -0.493 e. The highest BCUT2D eigenvalue weighted by molar-refractivity contribution is 7.71. The van der Waals surface area contributed by atoms with E-state index in [2.05, 4.69) is 15.3 Å². The highest BCUT2D eigenvalue weighted by Crippen LogP contribution is 2.27. The highest BCUT2D eigenvalue weighted by Gasteiger charge is 2.05. The highest BCUT2D eigenvalue weighted by atomic mass is 32.1. The molecule has 0 aliphatic heterocycles. The zero-order valence-corrected chi connectivity index (χ0v) is 13.3. The van der Waals surface area contributed by atoms with E-state index in [9.17, 15) is 4.79 Å². The van der Waals surface area contributed by atoms with Crippen LogP contribution in [-0.2, 0) is 0 Å². The second-order valence-corrected chi connectivity index (χ2v) is 4.72. The Hall–Kier alpha value is -2.99. The molecule has 1 aromatic heterocycles. The third-order valence-electron chi connectivity index (χ3n) is 2.82. The standard InChI is InChI=1S/C14H13N5O3S/c1-9-13(20)19(14(23)18-17-9)16-8-10-3-4-11(22-6-5-15)12(7-10)21-2/h3-4,7-8H,6H2,1-2H3,(H,18,23)/b16-8-. The van der Waals surface area contributed by atoms with Gasteiger partial charge in [-0.3, -0.25) is 9.89 Å². The van der Waals surface area contributed by atoms with Crippen LogP contribution in [0.4, 0.5) is 0 Å². The van der Waals surface area contributed by atoms with Gasteiger partial charge >= 0.3 is 0 Å². The number of hydrogen-bond acceptors (Lipinski definition) is 7. The molecule has 2 rings (SSSR count). The van der Waals surface area contributed by atoms with Gasteiger partial charge in [-0.2, -0.15) is 20.1 Å². The van der Waals surface area contributed by atoms with Crippen molar-refractivity contribution in [3.8, 4) is 17.6 Å². The topological polar surface area (TPSA) is 105 Å². The molecule has 0 aliphatic rings. The van der Waals surface area contributed by atoms with Crippen molar-refractivity contribution < 1.29 is 9.47 Å². The molecule has 0 atom stereocenters. The van der Waals surface area contributed by atoms with Gasteiger partial charge in [0.1, 0.15) is 11.8 Å². The summed E-state index contributed by atoms with van der Waals surface area (Å²) in [6, 6.07) is 6.92. The van der Waals surface area contributed by atoms with Crippen LogP contribution in [0.2, 0.25) is 0 Å². The molecule has 1 N–H and O–H groups in total. The van der Waals surface area contributed by atoms with Gasteiger partial charge in [-0.1, -0.05) is 0 Å². The third-order valence-corrected chi connectivity index (χ3v) is 3.08. The molecular formula is C14H13N5O3S. The summed E-state index contributed by atoms with van der Waals surface area (Å²) in [5, 5.41) is 18.9. The number of nitriles is 1. The number of aromatic nitrogens is 3. The van der Waals surface area contributed by atoms with Crippen molar-refractivity contribution in [1.29, 1.82) is 5.26 Å². The van der Waals surface area contributed by atoms with Crippen molar-refractivity contribution in [2.45, 2.75) is 6.92 Å². The fourth-order valence-corrected chi connectivity index (χ4v) is 1.87. The summed E-state index contributed by atoms with van der Waals surface area (Å²) in [5.74, 6) is 0.896. The van der Waals surface area contributed by atoms with Crippen LogP contribution in [0.3, 0.4) is 0 Å². The van der Waals surface area contributed by atoms with Gasteiger partial charge in [-0.05, 0) is 42.9 Å². The molecule has 0 saturated carbocycles. The van der Waals surface area contributed by atoms with Crippen molar-refractivity contribution >= 4 is 18.4 Å². The fraction of sp³-hybridized carbons (Fsp3) is 0.214. The Kier molecular flexibility index (Phi) is 5.22. The number of nitrogens with zero attached hydrogens (tertiary/aromatic N) is 4. The van der Waals surface area contributed by atoms with Gasteiger partial charge in [-0.25, -0.2) is 0 Å². The minimum atomic E-state index is -0.397. The zero-order chi connectivity index (χ0) is 16.8. The molecule has 0 aliphatic carbocycles. The first kappa shape index (κ1) is 16.4. The molecule has 0 fully saturated rings. The van der Waals surface area contributed by atoms with E-state index in [4.69, 9.17) is 27.0 Å². The second-order valence-electron chi connectivity index (χ2n) is 4.33. The number of methoxy groups -OCH3 is 1. The molecular weight excluding hydrogens is 318 g/mol. The lowest BCUT2D eigenvalue weighted by Crippen LogP contribution is -2.22. The Morgan fingerprint density at radius 1 is 1.52 bits per heavy atom. The molecule has 0 saturated heterocycles. The van der Waals surface area contributed by atoms with Crippen molar-refractivity contribution in [3.63, 3.8) is 0 Å². The van der Waals surface area contributed by atoms with Crippen LogP contribution in [-0.4, -0.2) is 34.8 Å². The van der Waals surface area contributed by atoms with Crippen LogP contribution >= 0.6 is 12.2 Å². The predicted octanol–water partition coefficient (Wildman–Crippen LogP) is 1.40. The molecule has 0 bridgehead atoms. The van der Waals surface area contributed by atoms with E-state index >= 15 is 0 Å². The van der Waals surface area contributed by atoms with Crippen LogP contribution in [0.25, 0.3) is 0 Å². The van der Waals surface area contributed by atoms with E-state index in [0.717, 1.165) is 4.68 Å². The average molecular weight is 331 g/mol. The molecule has 1 aromatic carbocycles. The van der Waals surface area contributed by atoms with Crippen molar-refractivity contribution in [2.75, 3.05) is 13.7 Å². The second kappa shape index (κ2) is 7.33. The third kappa shape index (κ3) is 3.81. The Balaban J connectivity index is 2.34. The van der Waals surface area contributed by atoms with Gasteiger partial charge in [0.25, 0.3) is 5.56 Å². The summed E-state index contributed by atoms with van der Waals surface area (Å²) in [4.78, 5) is 11.9. The summed E-state index contributed by atoms with van der Waals surface area (Å²) >= 11 is 4.99. The summed E-state index contributed by atoms with van der Waals surface area (Å²) in [6.45, 7) is 1.48. The number of rotatable bonds is 5. The Morgan fingerprint density at radius 2 is 2.30 bits per heavy atom. The smallest absolute Gasteiger partial charge is 0.296 e. The molecule has 0 spiro atoms. The van der Waals surface area contributed by atoms with Crippen molar-refractivity contribution in [2.24, 2.45) is 5.10 Å². The van der Waals surface area contributed by atoms with E-state index in [1.165, 1.54) is 13.3 Å². The Morgan fingerprint density at radius 3 is 3.00 bits per heavy atom. The predicted molar refractivity (Wildman–Crippen MR) is 85.5 cm³/mol. The largest absolute Gasteiger partial charge is 0.493 e. The van der Waals surface area contributed by atoms with Gasteiger partial charge in [0.05, 0.1) is 13.3 Å². The molecule has 23 heavy (non-hydrogen) atoms. The quantitative estimate of drug-likeness (QED) is 0.656. The normalized spacial score (nSPS) is 10.5. The van der Waals surface area contributed by atoms with Gasteiger partial charge in [0.2, 0.25) is 4.77 Å². The first-order valence-corrected chi connectivity index (χ1v) is 6.88. The van der Waals surface area contributed by atoms with E-state index in [1.54, 1.807) is 25.1 Å². The maximum atomic E-state index is 11.9. The summed E-state index contributed by atoms with van der Waals surface area (Å²) < 4.78 is 11.6. The Bertz CT molecular complexity index is 895. The average Bonchev–Trinajstić information content (AvgIpc) is 2.56. The lowest BCUT2D eigenvalue weighted by atomic mass is 10.2. The first-order chi connectivity index (χ1) is 11.1. The maximum absolute atomic E-state index is 11.9. The number of nitrogens with one attached hydrogen (secondary N) is 1. The molecule has 0 radical (unpaired) electrons. The van der Waals surface area contributed by atoms with E-state index in [0.29, 0.717) is 17.1 Å². The van der Waals surface area contributed by atoms with Crippen molar-refractivity contribution in [1.82, 2.24) is 14.9 Å². The van der Waals surface area contributed by atoms with E-state index in [1.807, 2.05) is 6.07 Å². The maximum Gasteiger partial charge on any atom is 0.296 e. The molecule has 0 unspecified atom stereocenters. The zero-order valence-electron chi connectivity index (χ0n) is 12.4. The minimum absolute atomic E-state index is 0.0787. The fourth-order valence-electron chi connectivity index (χ4n) is 1.70. The van der Waals surface area contributed by atoms with Crippen LogP contribution < -0.4 is 15.0 Å². The number of ether oxygens (including phenoxy) is 2. The van der Waals surface area contributed by atoms with E-state index in [-0.39, 0.29) is 17.1 Å². The van der Waals surface area contributed by atoms with Crippen LogP contribution in [0.5, 0.6) is 11.5 Å². The molecule has 1 heterocycles. The number of benzene rings is 1. The van der Waals surface area contributed by atoms with Gasteiger partial charge in [0.15, 0.2) is 18.1 Å². The van der Waals surface area contributed by atoms with Gasteiger partial charge < -0.3 is 9.47 Å². The van der Waals surface area contributed by atoms with Crippen LogP contribution in [0.15, 0.2) is 28.1 Å². The number of aryl methyl sites for hydroxylation is 1. The van der Waals surface area contributed by atoms with Gasteiger partial charge in [0, 0.05) is 0 Å². The van der Waals surface area contributed by atoms with Crippen molar-refractivity contribution in [3.05, 3.63) is 44.6 Å². The number of hydrogen-bond donors (Lipinski definition) is 1. The molecule has 9 heteroatoms. The number of H-pyrrole nitrogens is 1. The van der Waals surface area contributed by atoms with E-state index < -0.39 is 5.56 Å². The first-order valence-electron chi connectivity index (χ1n) is 6.47. The molecule has 118 valence electrons. The van der Waals surface area contributed by atoms with Gasteiger partial charge in [-0.15, -0.1) is 0 Å². The molecule has 0 amide bonds. The Labute approximate surface area is 136 Å². The lowest BCUT2D eigenvalue weighted by Gasteiger charge is -2.08. The van der Waals surface area contributed by atoms with Crippen LogP contribution in [0, 0.1) is 23.0 Å². The monoisotopic (exact) mass is 331 g/mol. The number of aromatic amines is 1. The summed E-state index contributed by atoms with van der Waals surface area (Å²) in [7, 11) is 1.49. The SMILES string of the molecule is COc1cc(/C=N\n2c(=S)[nH]nc(C)c2=O)ccc1OCC#N. The summed E-state index contributed by atoms with van der Waals surface area (Å²) in [5.41, 5.74) is 0.529. The lowest BCUT2D eigenvalue weighted by molar-refractivity contribution is 0.329. The summed E-state index contributed by atoms with van der Waals surface area (Å²) in [6.07, 6.45) is 1.46.